The molecule has 0 radical (unpaired) electrons. The Kier molecular flexibility index (Phi) is 6.60. The Morgan fingerprint density at radius 3 is 2.70 bits per heavy atom. The molecule has 33 heavy (non-hydrogen) atoms. The van der Waals surface area contributed by atoms with Gasteiger partial charge in [-0.1, -0.05) is 24.6 Å². The van der Waals surface area contributed by atoms with Crippen LogP contribution in [-0.4, -0.2) is 33.4 Å². The zero-order valence-electron chi connectivity index (χ0n) is 18.7. The van der Waals surface area contributed by atoms with Crippen LogP contribution >= 0.6 is 0 Å². The number of carbonyl (C=O) groups is 3. The summed E-state index contributed by atoms with van der Waals surface area (Å²) in [5, 5.41) is 7.11. The van der Waals surface area contributed by atoms with Crippen LogP contribution in [0.3, 0.4) is 0 Å². The summed E-state index contributed by atoms with van der Waals surface area (Å²) in [5.74, 6) is -0.772. The van der Waals surface area contributed by atoms with E-state index in [1.165, 1.54) is 4.57 Å². The first-order valence-corrected chi connectivity index (χ1v) is 11.3. The number of rotatable bonds is 8. The Hall–Kier alpha value is -3.46. The fourth-order valence-electron chi connectivity index (χ4n) is 4.48. The van der Waals surface area contributed by atoms with Crippen molar-refractivity contribution in [2.24, 2.45) is 12.8 Å². The van der Waals surface area contributed by atoms with Crippen molar-refractivity contribution in [1.82, 2.24) is 19.8 Å². The molecule has 3 amide bonds. The summed E-state index contributed by atoms with van der Waals surface area (Å²) >= 11 is 0. The molecule has 9 nitrogen and oxygen atoms in total. The highest BCUT2D eigenvalue weighted by Gasteiger charge is 2.31. The van der Waals surface area contributed by atoms with E-state index in [1.807, 2.05) is 30.3 Å². The lowest BCUT2D eigenvalue weighted by Gasteiger charge is -2.21. The van der Waals surface area contributed by atoms with E-state index in [0.29, 0.717) is 31.4 Å². The quantitative estimate of drug-likeness (QED) is 0.354. The van der Waals surface area contributed by atoms with E-state index >= 15 is 0 Å². The molecule has 4 rings (SSSR count). The predicted octanol–water partition coefficient (Wildman–Crippen LogP) is 1.61. The smallest absolute Gasteiger partial charge is 0.329 e. The second-order valence-electron chi connectivity index (χ2n) is 8.54. The SMILES string of the molecule is Cn1c(=O)n(C2CCC(=O)NC2=O)c2ccc3ccc(CNC(=O)CCCCCN)cc3c21. The van der Waals surface area contributed by atoms with Gasteiger partial charge in [-0.15, -0.1) is 0 Å². The highest BCUT2D eigenvalue weighted by Crippen LogP contribution is 2.29. The Labute approximate surface area is 190 Å². The van der Waals surface area contributed by atoms with Crippen molar-refractivity contribution in [1.29, 1.82) is 0 Å². The number of carbonyl (C=O) groups excluding carboxylic acids is 3. The Balaban J connectivity index is 1.64. The monoisotopic (exact) mass is 451 g/mol. The van der Waals surface area contributed by atoms with Gasteiger partial charge in [0.05, 0.1) is 11.0 Å². The Bertz CT molecular complexity index is 1290. The van der Waals surface area contributed by atoms with Gasteiger partial charge in [-0.25, -0.2) is 4.79 Å². The van der Waals surface area contributed by atoms with Crippen molar-refractivity contribution in [3.05, 3.63) is 46.4 Å². The maximum atomic E-state index is 13.1. The van der Waals surface area contributed by atoms with Crippen molar-refractivity contribution in [2.75, 3.05) is 6.54 Å². The maximum Gasteiger partial charge on any atom is 0.329 e. The molecular formula is C24H29N5O4. The molecule has 0 bridgehead atoms. The van der Waals surface area contributed by atoms with Gasteiger partial charge in [0, 0.05) is 31.8 Å². The van der Waals surface area contributed by atoms with E-state index in [0.717, 1.165) is 41.1 Å². The van der Waals surface area contributed by atoms with E-state index in [4.69, 9.17) is 5.73 Å². The number of imide groups is 1. The molecule has 1 aliphatic rings. The van der Waals surface area contributed by atoms with E-state index < -0.39 is 11.9 Å². The van der Waals surface area contributed by atoms with Crippen LogP contribution in [0, 0.1) is 0 Å². The number of hydrogen-bond donors (Lipinski definition) is 3. The standard InChI is InChI=1S/C24H29N5O4/c1-28-22-17-13-15(14-26-20(30)5-3-2-4-12-25)6-7-16(17)8-9-18(22)29(24(28)33)19-10-11-21(31)27-23(19)32/h6-9,13,19H,2-5,10-12,14,25H2,1H3,(H,26,30)(H,27,31,32). The van der Waals surface area contributed by atoms with Crippen LogP contribution in [0.25, 0.3) is 21.8 Å². The summed E-state index contributed by atoms with van der Waals surface area (Å²) in [6, 6.07) is 8.92. The van der Waals surface area contributed by atoms with E-state index in [-0.39, 0.29) is 23.9 Å². The lowest BCUT2D eigenvalue weighted by Crippen LogP contribution is -2.44. The highest BCUT2D eigenvalue weighted by atomic mass is 16.2. The molecule has 3 aromatic rings. The van der Waals surface area contributed by atoms with Crippen molar-refractivity contribution in [2.45, 2.75) is 51.1 Å². The Morgan fingerprint density at radius 2 is 1.94 bits per heavy atom. The van der Waals surface area contributed by atoms with Crippen LogP contribution in [0.15, 0.2) is 35.1 Å². The predicted molar refractivity (Wildman–Crippen MR) is 125 cm³/mol. The van der Waals surface area contributed by atoms with Crippen LogP contribution in [0.4, 0.5) is 0 Å². The molecule has 1 saturated heterocycles. The van der Waals surface area contributed by atoms with Gasteiger partial charge in [0.2, 0.25) is 17.7 Å². The van der Waals surface area contributed by atoms with Gasteiger partial charge >= 0.3 is 5.69 Å². The number of benzene rings is 2. The first-order chi connectivity index (χ1) is 15.9. The molecule has 0 saturated carbocycles. The van der Waals surface area contributed by atoms with Crippen LogP contribution in [0.2, 0.25) is 0 Å². The number of nitrogens with zero attached hydrogens (tertiary/aromatic N) is 2. The normalized spacial score (nSPS) is 16.4. The average molecular weight is 452 g/mol. The van der Waals surface area contributed by atoms with Gasteiger partial charge in [0.15, 0.2) is 0 Å². The number of nitrogens with one attached hydrogen (secondary N) is 2. The van der Waals surface area contributed by atoms with Gasteiger partial charge in [0.1, 0.15) is 6.04 Å². The number of fused-ring (bicyclic) bond motifs is 3. The molecule has 4 N–H and O–H groups in total. The minimum Gasteiger partial charge on any atom is -0.352 e. The first-order valence-electron chi connectivity index (χ1n) is 11.3. The molecule has 1 aliphatic heterocycles. The number of piperidine rings is 1. The fourth-order valence-corrected chi connectivity index (χ4v) is 4.48. The summed E-state index contributed by atoms with van der Waals surface area (Å²) in [4.78, 5) is 49.2. The van der Waals surface area contributed by atoms with Crippen LogP contribution in [-0.2, 0) is 28.0 Å². The third kappa shape index (κ3) is 4.54. The van der Waals surface area contributed by atoms with Crippen LogP contribution in [0.1, 0.15) is 50.1 Å². The summed E-state index contributed by atoms with van der Waals surface area (Å²) in [7, 11) is 1.68. The van der Waals surface area contributed by atoms with Gasteiger partial charge in [-0.2, -0.15) is 0 Å². The first kappa shape index (κ1) is 22.7. The van der Waals surface area contributed by atoms with E-state index in [9.17, 15) is 19.2 Å². The minimum atomic E-state index is -0.724. The van der Waals surface area contributed by atoms with Crippen molar-refractivity contribution in [3.8, 4) is 0 Å². The molecule has 2 aromatic carbocycles. The van der Waals surface area contributed by atoms with E-state index in [2.05, 4.69) is 10.6 Å². The summed E-state index contributed by atoms with van der Waals surface area (Å²) in [6.45, 7) is 1.03. The second-order valence-corrected chi connectivity index (χ2v) is 8.54. The lowest BCUT2D eigenvalue weighted by molar-refractivity contribution is -0.135. The third-order valence-electron chi connectivity index (χ3n) is 6.24. The van der Waals surface area contributed by atoms with Gasteiger partial charge in [-0.3, -0.25) is 28.8 Å². The topological polar surface area (TPSA) is 128 Å². The summed E-state index contributed by atoms with van der Waals surface area (Å²) in [6.07, 6.45) is 3.64. The number of unbranched alkanes of at least 4 members (excludes halogenated alkanes) is 2. The molecule has 1 unspecified atom stereocenters. The fraction of sp³-hybridized carbons (Fsp3) is 0.417. The number of aromatic nitrogens is 2. The zero-order chi connectivity index (χ0) is 23.5. The Morgan fingerprint density at radius 1 is 1.15 bits per heavy atom. The van der Waals surface area contributed by atoms with E-state index in [1.54, 1.807) is 11.6 Å². The van der Waals surface area contributed by atoms with Crippen molar-refractivity contribution < 1.29 is 14.4 Å². The molecule has 9 heteroatoms. The number of nitrogens with two attached hydrogens (primary N) is 1. The molecule has 1 fully saturated rings. The molecule has 0 spiro atoms. The second kappa shape index (κ2) is 9.58. The van der Waals surface area contributed by atoms with Crippen LogP contribution in [0.5, 0.6) is 0 Å². The molecule has 0 aliphatic carbocycles. The molecular weight excluding hydrogens is 422 g/mol. The molecule has 2 heterocycles. The number of hydrogen-bond acceptors (Lipinski definition) is 5. The van der Waals surface area contributed by atoms with Crippen LogP contribution < -0.4 is 22.1 Å². The number of imidazole rings is 1. The molecule has 174 valence electrons. The summed E-state index contributed by atoms with van der Waals surface area (Å²) in [5.41, 5.74) is 7.47. The van der Waals surface area contributed by atoms with Gasteiger partial charge in [-0.05, 0) is 48.9 Å². The van der Waals surface area contributed by atoms with Gasteiger partial charge in [0.25, 0.3) is 0 Å². The average Bonchev–Trinajstić information content (AvgIpc) is 3.05. The summed E-state index contributed by atoms with van der Waals surface area (Å²) < 4.78 is 3.02. The van der Waals surface area contributed by atoms with Crippen molar-refractivity contribution >= 4 is 39.5 Å². The zero-order valence-corrected chi connectivity index (χ0v) is 18.7. The maximum absolute atomic E-state index is 13.1. The minimum absolute atomic E-state index is 0.00161. The number of aryl methyl sites for hydroxylation is 1. The lowest BCUT2D eigenvalue weighted by atomic mass is 10.0. The largest absolute Gasteiger partial charge is 0.352 e. The highest BCUT2D eigenvalue weighted by molar-refractivity contribution is 6.06. The molecule has 1 atom stereocenters. The van der Waals surface area contributed by atoms with Crippen molar-refractivity contribution in [3.63, 3.8) is 0 Å². The number of amides is 3. The third-order valence-corrected chi connectivity index (χ3v) is 6.24. The van der Waals surface area contributed by atoms with Gasteiger partial charge < -0.3 is 11.1 Å². The molecule has 1 aromatic heterocycles.